The van der Waals surface area contributed by atoms with E-state index in [2.05, 4.69) is 4.90 Å². The number of rotatable bonds is 7. The molecule has 0 saturated carbocycles. The van der Waals surface area contributed by atoms with Crippen molar-refractivity contribution in [2.45, 2.75) is 6.42 Å². The maximum absolute atomic E-state index is 12.4. The minimum Gasteiger partial charge on any atom is -0.504 e. The van der Waals surface area contributed by atoms with Crippen LogP contribution in [0.15, 0.2) is 42.5 Å². The SMILES string of the molecule is COc1ccc(N2CCN(C(=O)CCOc3ccccc3O)CC2)cc1OC. The number of aromatic hydroxyl groups is 1. The molecular formula is C21H26N2O5. The van der Waals surface area contributed by atoms with Crippen molar-refractivity contribution >= 4 is 11.6 Å². The van der Waals surface area contributed by atoms with Crippen molar-refractivity contribution in [3.63, 3.8) is 0 Å². The number of ether oxygens (including phenoxy) is 3. The molecule has 7 heteroatoms. The second-order valence-electron chi connectivity index (χ2n) is 6.47. The Labute approximate surface area is 165 Å². The number of nitrogens with zero attached hydrogens (tertiary/aromatic N) is 2. The smallest absolute Gasteiger partial charge is 0.226 e. The zero-order valence-corrected chi connectivity index (χ0v) is 16.3. The van der Waals surface area contributed by atoms with E-state index in [0.717, 1.165) is 18.8 Å². The molecule has 0 spiro atoms. The lowest BCUT2D eigenvalue weighted by atomic mass is 10.2. The van der Waals surface area contributed by atoms with Crippen LogP contribution in [0.3, 0.4) is 0 Å². The van der Waals surface area contributed by atoms with E-state index in [1.54, 1.807) is 38.5 Å². The van der Waals surface area contributed by atoms with Gasteiger partial charge in [0.2, 0.25) is 5.91 Å². The highest BCUT2D eigenvalue weighted by Gasteiger charge is 2.22. The van der Waals surface area contributed by atoms with E-state index in [4.69, 9.17) is 14.2 Å². The Hall–Kier alpha value is -3.09. The minimum absolute atomic E-state index is 0.0578. The van der Waals surface area contributed by atoms with E-state index in [1.807, 2.05) is 23.1 Å². The summed E-state index contributed by atoms with van der Waals surface area (Å²) in [6.07, 6.45) is 0.282. The molecule has 1 amide bonds. The van der Waals surface area contributed by atoms with Crippen LogP contribution in [0.5, 0.6) is 23.0 Å². The van der Waals surface area contributed by atoms with E-state index < -0.39 is 0 Å². The lowest BCUT2D eigenvalue weighted by Crippen LogP contribution is -2.49. The first-order valence-electron chi connectivity index (χ1n) is 9.28. The van der Waals surface area contributed by atoms with Gasteiger partial charge in [-0.05, 0) is 24.3 Å². The zero-order chi connectivity index (χ0) is 19.9. The third-order valence-electron chi connectivity index (χ3n) is 4.80. The van der Waals surface area contributed by atoms with E-state index in [9.17, 15) is 9.90 Å². The van der Waals surface area contributed by atoms with Gasteiger partial charge in [0.25, 0.3) is 0 Å². The Morgan fingerprint density at radius 1 is 0.964 bits per heavy atom. The number of hydrogen-bond donors (Lipinski definition) is 1. The van der Waals surface area contributed by atoms with E-state index in [0.29, 0.717) is 30.3 Å². The largest absolute Gasteiger partial charge is 0.504 e. The summed E-state index contributed by atoms with van der Waals surface area (Å²) in [6, 6.07) is 12.6. The molecule has 1 heterocycles. The van der Waals surface area contributed by atoms with Crippen molar-refractivity contribution in [3.8, 4) is 23.0 Å². The van der Waals surface area contributed by atoms with Gasteiger partial charge >= 0.3 is 0 Å². The van der Waals surface area contributed by atoms with Gasteiger partial charge in [0.1, 0.15) is 0 Å². The van der Waals surface area contributed by atoms with Crippen molar-refractivity contribution in [2.75, 3.05) is 51.9 Å². The molecule has 1 N–H and O–H groups in total. The predicted octanol–water partition coefficient (Wildman–Crippen LogP) is 2.53. The van der Waals surface area contributed by atoms with Gasteiger partial charge in [0.05, 0.1) is 27.2 Å². The molecule has 1 fully saturated rings. The first-order chi connectivity index (χ1) is 13.6. The number of anilines is 1. The second-order valence-corrected chi connectivity index (χ2v) is 6.47. The molecule has 2 aromatic rings. The Morgan fingerprint density at radius 2 is 1.68 bits per heavy atom. The quantitative estimate of drug-likeness (QED) is 0.789. The van der Waals surface area contributed by atoms with Crippen molar-refractivity contribution in [1.29, 1.82) is 0 Å². The summed E-state index contributed by atoms with van der Waals surface area (Å²) in [5, 5.41) is 9.69. The maximum atomic E-state index is 12.4. The van der Waals surface area contributed by atoms with E-state index in [-0.39, 0.29) is 24.7 Å². The number of carbonyl (C=O) groups excluding carboxylic acids is 1. The molecule has 150 valence electrons. The topological polar surface area (TPSA) is 71.5 Å². The standard InChI is InChI=1S/C21H26N2O5/c1-26-19-8-7-16(15-20(19)27-2)22-10-12-23(13-11-22)21(25)9-14-28-18-6-4-3-5-17(18)24/h3-8,15,24H,9-14H2,1-2H3. The van der Waals surface area contributed by atoms with Crippen molar-refractivity contribution in [1.82, 2.24) is 4.90 Å². The fourth-order valence-electron chi connectivity index (χ4n) is 3.22. The lowest BCUT2D eigenvalue weighted by Gasteiger charge is -2.36. The van der Waals surface area contributed by atoms with Gasteiger partial charge in [-0.15, -0.1) is 0 Å². The van der Waals surface area contributed by atoms with Crippen LogP contribution in [0.25, 0.3) is 0 Å². The van der Waals surface area contributed by atoms with Crippen LogP contribution in [0.2, 0.25) is 0 Å². The summed E-state index contributed by atoms with van der Waals surface area (Å²) in [4.78, 5) is 16.5. The molecule has 28 heavy (non-hydrogen) atoms. The van der Waals surface area contributed by atoms with E-state index >= 15 is 0 Å². The van der Waals surface area contributed by atoms with Gasteiger partial charge in [0.15, 0.2) is 23.0 Å². The summed E-state index contributed by atoms with van der Waals surface area (Å²) < 4.78 is 16.2. The summed E-state index contributed by atoms with van der Waals surface area (Å²) in [5.41, 5.74) is 1.05. The number of phenols is 1. The molecule has 1 aliphatic heterocycles. The third-order valence-corrected chi connectivity index (χ3v) is 4.80. The number of benzene rings is 2. The molecule has 2 aromatic carbocycles. The zero-order valence-electron chi connectivity index (χ0n) is 16.3. The van der Waals surface area contributed by atoms with Crippen molar-refractivity contribution in [3.05, 3.63) is 42.5 Å². The van der Waals surface area contributed by atoms with Crippen LogP contribution in [0.4, 0.5) is 5.69 Å². The Kier molecular flexibility index (Phi) is 6.47. The lowest BCUT2D eigenvalue weighted by molar-refractivity contribution is -0.132. The van der Waals surface area contributed by atoms with Gasteiger partial charge in [0, 0.05) is 37.9 Å². The minimum atomic E-state index is 0.0578. The third kappa shape index (κ3) is 4.60. The maximum Gasteiger partial charge on any atom is 0.226 e. The van der Waals surface area contributed by atoms with Crippen LogP contribution in [-0.4, -0.2) is 62.9 Å². The number of piperazine rings is 1. The summed E-state index contributed by atoms with van der Waals surface area (Å²) in [5.74, 6) is 1.93. The van der Waals surface area contributed by atoms with Crippen molar-refractivity contribution < 1.29 is 24.1 Å². The fraction of sp³-hybridized carbons (Fsp3) is 0.381. The fourth-order valence-corrected chi connectivity index (χ4v) is 3.22. The number of para-hydroxylation sites is 2. The molecule has 7 nitrogen and oxygen atoms in total. The summed E-state index contributed by atoms with van der Waals surface area (Å²) in [7, 11) is 3.24. The first kappa shape index (κ1) is 19.7. The predicted molar refractivity (Wildman–Crippen MR) is 107 cm³/mol. The number of methoxy groups -OCH3 is 2. The van der Waals surface area contributed by atoms with Crippen LogP contribution in [0.1, 0.15) is 6.42 Å². The number of carbonyl (C=O) groups is 1. The van der Waals surface area contributed by atoms with E-state index in [1.165, 1.54) is 0 Å². The average Bonchev–Trinajstić information content (AvgIpc) is 2.74. The van der Waals surface area contributed by atoms with Crippen LogP contribution < -0.4 is 19.1 Å². The Balaban J connectivity index is 1.48. The van der Waals surface area contributed by atoms with Gasteiger partial charge < -0.3 is 29.1 Å². The molecule has 0 unspecified atom stereocenters. The first-order valence-corrected chi connectivity index (χ1v) is 9.28. The highest BCUT2D eigenvalue weighted by molar-refractivity contribution is 5.76. The Morgan fingerprint density at radius 3 is 2.36 bits per heavy atom. The number of amides is 1. The molecule has 1 aliphatic rings. The molecule has 0 aromatic heterocycles. The highest BCUT2D eigenvalue weighted by atomic mass is 16.5. The summed E-state index contributed by atoms with van der Waals surface area (Å²) in [6.45, 7) is 3.06. The number of hydrogen-bond acceptors (Lipinski definition) is 6. The van der Waals surface area contributed by atoms with Gasteiger partial charge in [-0.25, -0.2) is 0 Å². The number of phenolic OH excluding ortho intramolecular Hbond substituents is 1. The highest BCUT2D eigenvalue weighted by Crippen LogP contribution is 2.32. The molecule has 0 radical (unpaired) electrons. The van der Waals surface area contributed by atoms with Gasteiger partial charge in [-0.3, -0.25) is 4.79 Å². The van der Waals surface area contributed by atoms with Gasteiger partial charge in [-0.1, -0.05) is 12.1 Å². The molecule has 0 atom stereocenters. The van der Waals surface area contributed by atoms with Crippen LogP contribution in [0, 0.1) is 0 Å². The van der Waals surface area contributed by atoms with Crippen molar-refractivity contribution in [2.24, 2.45) is 0 Å². The molecule has 3 rings (SSSR count). The molecule has 0 aliphatic carbocycles. The second kappa shape index (κ2) is 9.21. The monoisotopic (exact) mass is 386 g/mol. The average molecular weight is 386 g/mol. The molecular weight excluding hydrogens is 360 g/mol. The Bertz CT molecular complexity index is 803. The van der Waals surface area contributed by atoms with Crippen LogP contribution in [-0.2, 0) is 4.79 Å². The normalized spacial score (nSPS) is 13.9. The molecule has 1 saturated heterocycles. The summed E-state index contributed by atoms with van der Waals surface area (Å²) >= 11 is 0. The molecule has 0 bridgehead atoms. The van der Waals surface area contributed by atoms with Crippen LogP contribution >= 0.6 is 0 Å². The van der Waals surface area contributed by atoms with Gasteiger partial charge in [-0.2, -0.15) is 0 Å².